The molecule has 0 spiro atoms. The molecule has 0 amide bonds. The number of nitrogens with two attached hydrogens (primary N) is 1. The maximum absolute atomic E-state index is 5.44. The first-order valence-corrected chi connectivity index (χ1v) is 4.37. The summed E-state index contributed by atoms with van der Waals surface area (Å²) < 4.78 is 0. The van der Waals surface area contributed by atoms with Crippen LogP contribution in [0.2, 0.25) is 0 Å². The molecular weight excluding hydrogens is 152 g/mol. The van der Waals surface area contributed by atoms with Gasteiger partial charge in [0.05, 0.1) is 0 Å². The molecule has 0 aromatic carbocycles. The van der Waals surface area contributed by atoms with E-state index in [1.54, 1.807) is 6.33 Å². The van der Waals surface area contributed by atoms with Crippen LogP contribution < -0.4 is 5.73 Å². The molecule has 0 aliphatic rings. The summed E-state index contributed by atoms with van der Waals surface area (Å²) in [5.41, 5.74) is 5.44. The average molecular weight is 168 g/mol. The van der Waals surface area contributed by atoms with Gasteiger partial charge in [0.2, 0.25) is 0 Å². The highest BCUT2D eigenvalue weighted by molar-refractivity contribution is 4.80. The highest BCUT2D eigenvalue weighted by Gasteiger charge is 2.02. The van der Waals surface area contributed by atoms with Gasteiger partial charge in [-0.15, -0.1) is 0 Å². The van der Waals surface area contributed by atoms with Crippen molar-refractivity contribution < 1.29 is 0 Å². The van der Waals surface area contributed by atoms with Crippen molar-refractivity contribution in [1.82, 2.24) is 15.2 Å². The third-order valence-corrected chi connectivity index (χ3v) is 2.00. The molecule has 3 N–H and O–H groups in total. The van der Waals surface area contributed by atoms with Crippen molar-refractivity contribution in [3.8, 4) is 0 Å². The Labute approximate surface area is 72.6 Å². The van der Waals surface area contributed by atoms with Gasteiger partial charge in [-0.05, 0) is 25.3 Å². The minimum Gasteiger partial charge on any atom is -0.330 e. The van der Waals surface area contributed by atoms with E-state index in [0.29, 0.717) is 5.92 Å². The molecule has 0 fully saturated rings. The first kappa shape index (κ1) is 9.19. The number of nitrogens with zero attached hydrogens (tertiary/aromatic N) is 2. The Bertz CT molecular complexity index is 195. The van der Waals surface area contributed by atoms with Crippen LogP contribution in [0.25, 0.3) is 0 Å². The largest absolute Gasteiger partial charge is 0.330 e. The highest BCUT2D eigenvalue weighted by atomic mass is 15.2. The van der Waals surface area contributed by atoms with E-state index in [0.717, 1.165) is 31.6 Å². The van der Waals surface area contributed by atoms with Crippen LogP contribution in [0.5, 0.6) is 0 Å². The van der Waals surface area contributed by atoms with Crippen LogP contribution in [0.15, 0.2) is 6.33 Å². The van der Waals surface area contributed by atoms with E-state index in [-0.39, 0.29) is 0 Å². The Kier molecular flexibility index (Phi) is 3.73. The first-order chi connectivity index (χ1) is 5.83. The molecule has 1 aromatic heterocycles. The van der Waals surface area contributed by atoms with E-state index in [9.17, 15) is 0 Å². The molecule has 0 saturated carbocycles. The van der Waals surface area contributed by atoms with Gasteiger partial charge in [-0.3, -0.25) is 5.10 Å². The zero-order valence-electron chi connectivity index (χ0n) is 7.45. The van der Waals surface area contributed by atoms with Gasteiger partial charge in [-0.1, -0.05) is 6.92 Å². The lowest BCUT2D eigenvalue weighted by Gasteiger charge is -2.07. The molecule has 1 atom stereocenters. The molecule has 1 unspecified atom stereocenters. The van der Waals surface area contributed by atoms with Crippen molar-refractivity contribution in [3.63, 3.8) is 0 Å². The summed E-state index contributed by atoms with van der Waals surface area (Å²) in [5, 5.41) is 6.63. The molecule has 68 valence electrons. The van der Waals surface area contributed by atoms with Crippen LogP contribution in [0.3, 0.4) is 0 Å². The molecule has 12 heavy (non-hydrogen) atoms. The number of aromatic nitrogens is 3. The molecule has 0 aliphatic heterocycles. The summed E-state index contributed by atoms with van der Waals surface area (Å²) in [6.45, 7) is 2.99. The Hall–Kier alpha value is -0.900. The summed E-state index contributed by atoms with van der Waals surface area (Å²) >= 11 is 0. The number of aromatic amines is 1. The van der Waals surface area contributed by atoms with E-state index in [2.05, 4.69) is 22.1 Å². The SMILES string of the molecule is CC(CCN)CCc1ncn[nH]1. The van der Waals surface area contributed by atoms with Gasteiger partial charge in [0.15, 0.2) is 0 Å². The van der Waals surface area contributed by atoms with Crippen LogP contribution >= 0.6 is 0 Å². The van der Waals surface area contributed by atoms with Crippen molar-refractivity contribution in [2.75, 3.05) is 6.54 Å². The zero-order chi connectivity index (χ0) is 8.81. The summed E-state index contributed by atoms with van der Waals surface area (Å²) in [5.74, 6) is 1.65. The third kappa shape index (κ3) is 3.00. The van der Waals surface area contributed by atoms with Gasteiger partial charge in [0, 0.05) is 6.42 Å². The second kappa shape index (κ2) is 4.87. The molecule has 4 nitrogen and oxygen atoms in total. The number of aryl methyl sites for hydroxylation is 1. The smallest absolute Gasteiger partial charge is 0.137 e. The fourth-order valence-corrected chi connectivity index (χ4v) is 1.16. The molecule has 0 radical (unpaired) electrons. The maximum atomic E-state index is 5.44. The van der Waals surface area contributed by atoms with Crippen molar-refractivity contribution in [2.24, 2.45) is 11.7 Å². The van der Waals surface area contributed by atoms with Gasteiger partial charge in [-0.25, -0.2) is 4.98 Å². The highest BCUT2D eigenvalue weighted by Crippen LogP contribution is 2.08. The van der Waals surface area contributed by atoms with Crippen LogP contribution in [-0.4, -0.2) is 21.7 Å². The van der Waals surface area contributed by atoms with E-state index in [1.165, 1.54) is 0 Å². The molecule has 1 aromatic rings. The Balaban J connectivity index is 2.17. The topological polar surface area (TPSA) is 67.6 Å². The van der Waals surface area contributed by atoms with Crippen LogP contribution in [0, 0.1) is 5.92 Å². The second-order valence-corrected chi connectivity index (χ2v) is 3.15. The number of nitrogens with one attached hydrogen (secondary N) is 1. The van der Waals surface area contributed by atoms with Crippen molar-refractivity contribution in [3.05, 3.63) is 12.2 Å². The fourth-order valence-electron chi connectivity index (χ4n) is 1.16. The summed E-state index contributed by atoms with van der Waals surface area (Å²) in [4.78, 5) is 4.05. The Morgan fingerprint density at radius 1 is 1.58 bits per heavy atom. The van der Waals surface area contributed by atoms with Gasteiger partial charge in [-0.2, -0.15) is 5.10 Å². The number of hydrogen-bond acceptors (Lipinski definition) is 3. The molecular formula is C8H16N4. The lowest BCUT2D eigenvalue weighted by Crippen LogP contribution is -2.06. The minimum absolute atomic E-state index is 0.681. The van der Waals surface area contributed by atoms with Crippen LogP contribution in [-0.2, 0) is 6.42 Å². The van der Waals surface area contributed by atoms with E-state index < -0.39 is 0 Å². The van der Waals surface area contributed by atoms with E-state index in [4.69, 9.17) is 5.73 Å². The van der Waals surface area contributed by atoms with E-state index in [1.807, 2.05) is 0 Å². The zero-order valence-corrected chi connectivity index (χ0v) is 7.45. The average Bonchev–Trinajstić information content (AvgIpc) is 2.53. The van der Waals surface area contributed by atoms with Gasteiger partial charge in [0.1, 0.15) is 12.2 Å². The Morgan fingerprint density at radius 3 is 3.00 bits per heavy atom. The first-order valence-electron chi connectivity index (χ1n) is 4.37. The molecule has 0 saturated heterocycles. The predicted molar refractivity (Wildman–Crippen MR) is 47.5 cm³/mol. The standard InChI is InChI=1S/C8H16N4/c1-7(4-5-9)2-3-8-10-6-11-12-8/h6-7H,2-5,9H2,1H3,(H,10,11,12). The lowest BCUT2D eigenvalue weighted by molar-refractivity contribution is 0.494. The summed E-state index contributed by atoms with van der Waals surface area (Å²) in [6, 6.07) is 0. The number of hydrogen-bond donors (Lipinski definition) is 2. The number of rotatable bonds is 5. The molecule has 0 bridgehead atoms. The van der Waals surface area contributed by atoms with Gasteiger partial charge in [0.25, 0.3) is 0 Å². The maximum Gasteiger partial charge on any atom is 0.137 e. The molecule has 4 heteroatoms. The summed E-state index contributed by atoms with van der Waals surface area (Å²) in [7, 11) is 0. The fraction of sp³-hybridized carbons (Fsp3) is 0.750. The monoisotopic (exact) mass is 168 g/mol. The predicted octanol–water partition coefficient (Wildman–Crippen LogP) is 0.722. The normalized spacial score (nSPS) is 13.2. The molecule has 1 rings (SSSR count). The molecule has 0 aliphatic carbocycles. The van der Waals surface area contributed by atoms with Gasteiger partial charge < -0.3 is 5.73 Å². The summed E-state index contributed by atoms with van der Waals surface area (Å²) in [6.07, 6.45) is 4.74. The van der Waals surface area contributed by atoms with Crippen LogP contribution in [0.1, 0.15) is 25.6 Å². The Morgan fingerprint density at radius 2 is 2.42 bits per heavy atom. The lowest BCUT2D eigenvalue weighted by atomic mass is 10.0. The van der Waals surface area contributed by atoms with Crippen molar-refractivity contribution >= 4 is 0 Å². The molecule has 1 heterocycles. The van der Waals surface area contributed by atoms with Crippen molar-refractivity contribution in [2.45, 2.75) is 26.2 Å². The van der Waals surface area contributed by atoms with Crippen LogP contribution in [0.4, 0.5) is 0 Å². The quantitative estimate of drug-likeness (QED) is 0.680. The number of H-pyrrole nitrogens is 1. The third-order valence-electron chi connectivity index (χ3n) is 2.00. The van der Waals surface area contributed by atoms with E-state index >= 15 is 0 Å². The second-order valence-electron chi connectivity index (χ2n) is 3.15. The minimum atomic E-state index is 0.681. The van der Waals surface area contributed by atoms with Crippen molar-refractivity contribution in [1.29, 1.82) is 0 Å². The van der Waals surface area contributed by atoms with Gasteiger partial charge >= 0.3 is 0 Å².